The minimum absolute atomic E-state index is 0.0685. The summed E-state index contributed by atoms with van der Waals surface area (Å²) in [5.74, 6) is -0.650. The highest BCUT2D eigenvalue weighted by Crippen LogP contribution is 2.52. The van der Waals surface area contributed by atoms with E-state index in [1.807, 2.05) is 0 Å². The predicted molar refractivity (Wildman–Crippen MR) is 129 cm³/mol. The number of benzene rings is 1. The maximum Gasteiger partial charge on any atom is 0.266 e. The molecule has 4 rings (SSSR count). The average molecular weight is 508 g/mol. The molecule has 1 fully saturated rings. The number of nitrogens with zero attached hydrogens (tertiary/aromatic N) is 3. The first-order valence-electron chi connectivity index (χ1n) is 11.3. The number of pyridine rings is 1. The Kier molecular flexibility index (Phi) is 6.81. The predicted octanol–water partition coefficient (Wildman–Crippen LogP) is 5.21. The fourth-order valence-electron chi connectivity index (χ4n) is 4.72. The van der Waals surface area contributed by atoms with Crippen molar-refractivity contribution in [3.05, 3.63) is 63.5 Å². The van der Waals surface area contributed by atoms with Gasteiger partial charge in [0.1, 0.15) is 23.6 Å². The number of fused-ring (bicyclic) bond motifs is 1. The second-order valence-corrected chi connectivity index (χ2v) is 12.7. The summed E-state index contributed by atoms with van der Waals surface area (Å²) in [6, 6.07) is 4.85. The highest BCUT2D eigenvalue weighted by Gasteiger charge is 2.42. The van der Waals surface area contributed by atoms with Crippen LogP contribution < -0.4 is 10.9 Å². The molecule has 0 radical (unpaired) electrons. The first-order valence-corrected chi connectivity index (χ1v) is 13.8. The molecule has 1 atom stereocenters. The van der Waals surface area contributed by atoms with Crippen molar-refractivity contribution >= 4 is 24.0 Å². The summed E-state index contributed by atoms with van der Waals surface area (Å²) < 4.78 is 61.0. The van der Waals surface area contributed by atoms with Gasteiger partial charge in [-0.2, -0.15) is 0 Å². The molecule has 1 aliphatic heterocycles. The summed E-state index contributed by atoms with van der Waals surface area (Å²) in [5, 5.41) is 3.60. The molecule has 0 saturated carbocycles. The summed E-state index contributed by atoms with van der Waals surface area (Å²) in [7, 11) is 0.865. The number of aryl methyl sites for hydroxylation is 1. The van der Waals surface area contributed by atoms with Crippen molar-refractivity contribution in [1.82, 2.24) is 14.5 Å². The van der Waals surface area contributed by atoms with Gasteiger partial charge in [0.15, 0.2) is 0 Å². The normalized spacial score (nSPS) is 23.5. The number of halogens is 3. The van der Waals surface area contributed by atoms with E-state index in [9.17, 15) is 22.5 Å². The van der Waals surface area contributed by atoms with Crippen LogP contribution in [0.3, 0.4) is 0 Å². The van der Waals surface area contributed by atoms with Gasteiger partial charge in [-0.3, -0.25) is 9.36 Å². The number of aromatic nitrogens is 3. The van der Waals surface area contributed by atoms with Crippen LogP contribution in [-0.2, 0) is 22.0 Å². The first-order chi connectivity index (χ1) is 16.5. The monoisotopic (exact) mass is 508 g/mol. The Morgan fingerprint density at radius 3 is 2.49 bits per heavy atom. The smallest absolute Gasteiger partial charge is 0.266 e. The molecular formula is C24H28F3N4O3P. The quantitative estimate of drug-likeness (QED) is 0.461. The van der Waals surface area contributed by atoms with E-state index in [4.69, 9.17) is 4.74 Å². The van der Waals surface area contributed by atoms with Crippen LogP contribution >= 0.6 is 7.14 Å². The number of nitrogens with one attached hydrogen (secondary N) is 1. The zero-order valence-electron chi connectivity index (χ0n) is 20.0. The molecule has 1 saturated heterocycles. The number of hydrogen-bond donors (Lipinski definition) is 1. The van der Waals surface area contributed by atoms with Crippen LogP contribution in [0.25, 0.3) is 11.0 Å². The van der Waals surface area contributed by atoms with Crippen LogP contribution in [0.5, 0.6) is 0 Å². The molecular weight excluding hydrogens is 480 g/mol. The number of rotatable bonds is 6. The molecule has 0 aliphatic carbocycles. The van der Waals surface area contributed by atoms with Gasteiger partial charge in [-0.1, -0.05) is 18.2 Å². The average Bonchev–Trinajstić information content (AvgIpc) is 2.82. The highest BCUT2D eigenvalue weighted by molar-refractivity contribution is 7.63. The van der Waals surface area contributed by atoms with Crippen molar-refractivity contribution in [2.24, 2.45) is 7.05 Å². The molecule has 0 spiro atoms. The Morgan fingerprint density at radius 1 is 1.20 bits per heavy atom. The van der Waals surface area contributed by atoms with Crippen molar-refractivity contribution in [1.29, 1.82) is 0 Å². The summed E-state index contributed by atoms with van der Waals surface area (Å²) >= 11 is 0. The van der Waals surface area contributed by atoms with Gasteiger partial charge < -0.3 is 14.6 Å². The topological polar surface area (TPSA) is 86.1 Å². The number of anilines is 1. The lowest BCUT2D eigenvalue weighted by Gasteiger charge is -2.38. The molecule has 0 amide bonds. The van der Waals surface area contributed by atoms with Gasteiger partial charge in [-0.05, 0) is 32.5 Å². The highest BCUT2D eigenvalue weighted by atomic mass is 31.2. The molecule has 0 bridgehead atoms. The first kappa shape index (κ1) is 25.4. The lowest BCUT2D eigenvalue weighted by molar-refractivity contribution is -0.0247. The zero-order valence-corrected chi connectivity index (χ0v) is 20.9. The molecule has 0 unspecified atom stereocenters. The Hall–Kier alpha value is -2.71. The van der Waals surface area contributed by atoms with Gasteiger partial charge in [0, 0.05) is 32.0 Å². The summed E-state index contributed by atoms with van der Waals surface area (Å²) in [4.78, 5) is 21.9. The van der Waals surface area contributed by atoms with Gasteiger partial charge >= 0.3 is 0 Å². The summed E-state index contributed by atoms with van der Waals surface area (Å²) in [6.45, 7) is 3.41. The molecule has 11 heteroatoms. The lowest BCUT2D eigenvalue weighted by Crippen LogP contribution is -2.40. The van der Waals surface area contributed by atoms with Gasteiger partial charge in [0.2, 0.25) is 0 Å². The number of hydrogen-bond acceptors (Lipinski definition) is 6. The zero-order chi connectivity index (χ0) is 25.5. The molecule has 7 nitrogen and oxygen atoms in total. The van der Waals surface area contributed by atoms with E-state index in [-0.39, 0.29) is 11.1 Å². The van der Waals surface area contributed by atoms with E-state index in [0.717, 1.165) is 6.07 Å². The third-order valence-corrected chi connectivity index (χ3v) is 9.32. The second-order valence-electron chi connectivity index (χ2n) is 9.24. The van der Waals surface area contributed by atoms with Crippen molar-refractivity contribution in [3.8, 4) is 0 Å². The minimum Gasteiger partial charge on any atom is -0.373 e. The molecule has 2 aromatic heterocycles. The van der Waals surface area contributed by atoms with E-state index >= 15 is 0 Å². The van der Waals surface area contributed by atoms with Crippen LogP contribution in [0.15, 0.2) is 35.4 Å². The molecule has 3 heterocycles. The molecule has 3 aromatic rings. The molecule has 1 aromatic carbocycles. The van der Waals surface area contributed by atoms with Crippen LogP contribution in [0, 0.1) is 5.82 Å². The van der Waals surface area contributed by atoms with Crippen molar-refractivity contribution < 1.29 is 22.5 Å². The maximum atomic E-state index is 14.7. The van der Waals surface area contributed by atoms with Gasteiger partial charge in [-0.25, -0.2) is 23.1 Å². The molecule has 35 heavy (non-hydrogen) atoms. The van der Waals surface area contributed by atoms with E-state index in [2.05, 4.69) is 15.3 Å². The Morgan fingerprint density at radius 2 is 1.86 bits per heavy atom. The van der Waals surface area contributed by atoms with Crippen molar-refractivity contribution in [2.45, 2.75) is 37.8 Å². The number of methoxy groups -OCH3 is 1. The minimum atomic E-state index is -2.93. The Labute approximate surface area is 201 Å². The largest absolute Gasteiger partial charge is 0.373 e. The van der Waals surface area contributed by atoms with E-state index < -0.39 is 36.6 Å². The van der Waals surface area contributed by atoms with Gasteiger partial charge in [0.25, 0.3) is 12.0 Å². The summed E-state index contributed by atoms with van der Waals surface area (Å²) in [6.07, 6.45) is 0.165. The van der Waals surface area contributed by atoms with Gasteiger partial charge in [0.05, 0.1) is 35.3 Å². The molecule has 1 N–H and O–H groups in total. The van der Waals surface area contributed by atoms with Crippen molar-refractivity contribution in [3.63, 3.8) is 0 Å². The lowest BCUT2D eigenvalue weighted by atomic mass is 9.88. The standard InChI is InChI=1S/C24H28F3N4O3P/c1-14(15-6-5-7-16(19(15)25)20(26)27)30-21-17-12-18(23(32)31(2)22(17)29-13-28-21)24(34-3)8-10-35(4,33)11-9-24/h5-7,12-14,20H,8-11H2,1-4H3,(H,28,29,30)/t14-,24?,35?/m1/s1. The van der Waals surface area contributed by atoms with Crippen LogP contribution in [0.1, 0.15) is 48.9 Å². The van der Waals surface area contributed by atoms with Crippen molar-refractivity contribution in [2.75, 3.05) is 31.4 Å². The number of alkyl halides is 2. The van der Waals surface area contributed by atoms with Gasteiger partial charge in [-0.15, -0.1) is 0 Å². The second kappa shape index (κ2) is 9.39. The SMILES string of the molecule is COC1(c2cc3c(N[C@H](C)c4cccc(C(F)F)c4F)ncnc3n(C)c2=O)CCP(C)(=O)CC1. The third kappa shape index (κ3) is 4.61. The van der Waals surface area contributed by atoms with E-state index in [1.165, 1.54) is 30.1 Å². The molecule has 188 valence electrons. The fourth-order valence-corrected chi connectivity index (χ4v) is 6.61. The number of ether oxygens (including phenoxy) is 1. The van der Waals surface area contributed by atoms with Crippen LogP contribution in [-0.4, -0.2) is 40.6 Å². The summed E-state index contributed by atoms with van der Waals surface area (Å²) in [5.41, 5.74) is -1.01. The Bertz CT molecular complexity index is 1370. The van der Waals surface area contributed by atoms with Crippen LogP contribution in [0.2, 0.25) is 0 Å². The maximum absolute atomic E-state index is 14.7. The molecule has 1 aliphatic rings. The third-order valence-electron chi connectivity index (χ3n) is 6.98. The van der Waals surface area contributed by atoms with E-state index in [1.54, 1.807) is 26.7 Å². The Balaban J connectivity index is 1.80. The van der Waals surface area contributed by atoms with E-state index in [0.29, 0.717) is 47.6 Å². The van der Waals surface area contributed by atoms with Crippen LogP contribution in [0.4, 0.5) is 19.0 Å². The fraction of sp³-hybridized carbons (Fsp3) is 0.458.